The lowest BCUT2D eigenvalue weighted by molar-refractivity contribution is -0.132. The number of rotatable bonds is 7. The van der Waals surface area contributed by atoms with Crippen LogP contribution >= 0.6 is 12.4 Å². The van der Waals surface area contributed by atoms with Gasteiger partial charge in [-0.25, -0.2) is 0 Å². The average molecular weight is 349 g/mol. The van der Waals surface area contributed by atoms with Crippen LogP contribution in [-0.4, -0.2) is 24.0 Å². The van der Waals surface area contributed by atoms with E-state index in [1.807, 2.05) is 66.4 Å². The van der Waals surface area contributed by atoms with E-state index in [4.69, 9.17) is 10.5 Å². The molecular formula is C19H25ClN2O2. The largest absolute Gasteiger partial charge is 0.497 e. The number of methoxy groups -OCH3 is 1. The summed E-state index contributed by atoms with van der Waals surface area (Å²) in [4.78, 5) is 14.4. The Kier molecular flexibility index (Phi) is 8.30. The van der Waals surface area contributed by atoms with E-state index in [1.165, 1.54) is 0 Å². The fourth-order valence-electron chi connectivity index (χ4n) is 2.39. The van der Waals surface area contributed by atoms with Crippen LogP contribution in [0.15, 0.2) is 54.6 Å². The third kappa shape index (κ3) is 6.22. The molecule has 0 heterocycles. The lowest BCUT2D eigenvalue weighted by Gasteiger charge is -2.24. The Morgan fingerprint density at radius 2 is 1.58 bits per heavy atom. The topological polar surface area (TPSA) is 55.6 Å². The number of nitrogens with two attached hydrogens (primary N) is 1. The smallest absolute Gasteiger partial charge is 0.224 e. The van der Waals surface area contributed by atoms with Crippen LogP contribution in [0.2, 0.25) is 0 Å². The molecule has 1 atom stereocenters. The van der Waals surface area contributed by atoms with Gasteiger partial charge in [0.15, 0.2) is 0 Å². The molecule has 24 heavy (non-hydrogen) atoms. The number of benzene rings is 2. The lowest BCUT2D eigenvalue weighted by atomic mass is 10.1. The molecule has 2 N–H and O–H groups in total. The van der Waals surface area contributed by atoms with Gasteiger partial charge in [-0.1, -0.05) is 42.5 Å². The Hall–Kier alpha value is -2.04. The molecule has 0 aliphatic rings. The van der Waals surface area contributed by atoms with Crippen LogP contribution in [0, 0.1) is 0 Å². The van der Waals surface area contributed by atoms with E-state index >= 15 is 0 Å². The fraction of sp³-hybridized carbons (Fsp3) is 0.316. The summed E-state index contributed by atoms with van der Waals surface area (Å²) in [5, 5.41) is 0. The molecule has 0 aliphatic heterocycles. The highest BCUT2D eigenvalue weighted by Gasteiger charge is 2.16. The molecule has 0 aromatic heterocycles. The number of hydrogen-bond donors (Lipinski definition) is 1. The van der Waals surface area contributed by atoms with Gasteiger partial charge in [0.2, 0.25) is 5.91 Å². The minimum atomic E-state index is -0.142. The van der Waals surface area contributed by atoms with Gasteiger partial charge in [-0.05, 0) is 30.2 Å². The van der Waals surface area contributed by atoms with Gasteiger partial charge in [0.1, 0.15) is 5.75 Å². The Morgan fingerprint density at radius 1 is 1.04 bits per heavy atom. The van der Waals surface area contributed by atoms with Crippen LogP contribution in [0.4, 0.5) is 0 Å². The van der Waals surface area contributed by atoms with Crippen LogP contribution in [0.3, 0.4) is 0 Å². The van der Waals surface area contributed by atoms with Crippen molar-refractivity contribution in [3.05, 3.63) is 65.7 Å². The maximum atomic E-state index is 12.5. The van der Waals surface area contributed by atoms with Crippen LogP contribution in [-0.2, 0) is 17.9 Å². The van der Waals surface area contributed by atoms with Crippen molar-refractivity contribution in [2.24, 2.45) is 5.73 Å². The zero-order valence-electron chi connectivity index (χ0n) is 14.1. The van der Waals surface area contributed by atoms with Crippen LogP contribution in [0.5, 0.6) is 5.75 Å². The molecule has 2 aromatic carbocycles. The highest BCUT2D eigenvalue weighted by atomic mass is 35.5. The molecule has 2 aromatic rings. The maximum Gasteiger partial charge on any atom is 0.224 e. The summed E-state index contributed by atoms with van der Waals surface area (Å²) >= 11 is 0. The average Bonchev–Trinajstić information content (AvgIpc) is 2.55. The van der Waals surface area contributed by atoms with Gasteiger partial charge in [0, 0.05) is 25.6 Å². The van der Waals surface area contributed by atoms with E-state index in [0.29, 0.717) is 19.5 Å². The standard InChI is InChI=1S/C19H24N2O2.ClH/c1-15(20)12-19(22)21(13-16-6-4-3-5-7-16)14-17-8-10-18(23-2)11-9-17;/h3-11,15H,12-14,20H2,1-2H3;1H. The summed E-state index contributed by atoms with van der Waals surface area (Å²) in [6, 6.07) is 17.6. The van der Waals surface area contributed by atoms with E-state index < -0.39 is 0 Å². The molecule has 2 rings (SSSR count). The zero-order valence-corrected chi connectivity index (χ0v) is 15.0. The summed E-state index contributed by atoms with van der Waals surface area (Å²) < 4.78 is 5.17. The van der Waals surface area contributed by atoms with Gasteiger partial charge >= 0.3 is 0 Å². The van der Waals surface area contributed by atoms with E-state index in [0.717, 1.165) is 16.9 Å². The molecule has 130 valence electrons. The number of carbonyl (C=O) groups excluding carboxylic acids is 1. The quantitative estimate of drug-likeness (QED) is 0.834. The van der Waals surface area contributed by atoms with Gasteiger partial charge < -0.3 is 15.4 Å². The number of nitrogens with zero attached hydrogens (tertiary/aromatic N) is 1. The monoisotopic (exact) mass is 348 g/mol. The predicted molar refractivity (Wildman–Crippen MR) is 99.2 cm³/mol. The molecular weight excluding hydrogens is 324 g/mol. The number of ether oxygens (including phenoxy) is 1. The van der Waals surface area contributed by atoms with Gasteiger partial charge in [-0.3, -0.25) is 4.79 Å². The second kappa shape index (κ2) is 9.96. The summed E-state index contributed by atoms with van der Waals surface area (Å²) in [6.07, 6.45) is 0.350. The van der Waals surface area contributed by atoms with Crippen molar-refractivity contribution in [2.75, 3.05) is 7.11 Å². The molecule has 0 fully saturated rings. The number of amides is 1. The van der Waals surface area contributed by atoms with Crippen molar-refractivity contribution in [1.82, 2.24) is 4.90 Å². The molecule has 1 unspecified atom stereocenters. The minimum Gasteiger partial charge on any atom is -0.497 e. The SMILES string of the molecule is COc1ccc(CN(Cc2ccccc2)C(=O)CC(C)N)cc1.Cl. The van der Waals surface area contributed by atoms with Crippen molar-refractivity contribution >= 4 is 18.3 Å². The van der Waals surface area contributed by atoms with Crippen LogP contribution in [0.1, 0.15) is 24.5 Å². The van der Waals surface area contributed by atoms with Crippen LogP contribution < -0.4 is 10.5 Å². The first-order valence-corrected chi connectivity index (χ1v) is 7.78. The lowest BCUT2D eigenvalue weighted by Crippen LogP contribution is -2.34. The van der Waals surface area contributed by atoms with Gasteiger partial charge in [-0.15, -0.1) is 12.4 Å². The normalized spacial score (nSPS) is 11.3. The van der Waals surface area contributed by atoms with E-state index in [-0.39, 0.29) is 24.4 Å². The second-order valence-electron chi connectivity index (χ2n) is 5.76. The van der Waals surface area contributed by atoms with Crippen molar-refractivity contribution < 1.29 is 9.53 Å². The molecule has 0 saturated carbocycles. The molecule has 5 heteroatoms. The molecule has 0 aliphatic carbocycles. The summed E-state index contributed by atoms with van der Waals surface area (Å²) in [6.45, 7) is 2.99. The molecule has 0 spiro atoms. The summed E-state index contributed by atoms with van der Waals surface area (Å²) in [5.74, 6) is 0.880. The molecule has 0 bridgehead atoms. The van der Waals surface area contributed by atoms with E-state index in [9.17, 15) is 4.79 Å². The number of carbonyl (C=O) groups is 1. The first kappa shape index (κ1) is 20.0. The molecule has 1 amide bonds. The zero-order chi connectivity index (χ0) is 16.7. The fourth-order valence-corrected chi connectivity index (χ4v) is 2.39. The van der Waals surface area contributed by atoms with Crippen molar-refractivity contribution in [3.8, 4) is 5.75 Å². The highest BCUT2D eigenvalue weighted by Crippen LogP contribution is 2.15. The third-order valence-electron chi connectivity index (χ3n) is 3.60. The van der Waals surface area contributed by atoms with Crippen molar-refractivity contribution in [1.29, 1.82) is 0 Å². The maximum absolute atomic E-state index is 12.5. The minimum absolute atomic E-state index is 0. The Bertz CT molecular complexity index is 615. The highest BCUT2D eigenvalue weighted by molar-refractivity contribution is 5.85. The number of halogens is 1. The van der Waals surface area contributed by atoms with Crippen molar-refractivity contribution in [2.45, 2.75) is 32.5 Å². The van der Waals surface area contributed by atoms with Crippen molar-refractivity contribution in [3.63, 3.8) is 0 Å². The predicted octanol–water partition coefficient (Wildman–Crippen LogP) is 3.38. The van der Waals surface area contributed by atoms with Gasteiger partial charge in [0.25, 0.3) is 0 Å². The van der Waals surface area contributed by atoms with Crippen LogP contribution in [0.25, 0.3) is 0 Å². The van der Waals surface area contributed by atoms with Gasteiger partial charge in [-0.2, -0.15) is 0 Å². The Balaban J connectivity index is 0.00000288. The molecule has 0 saturated heterocycles. The Morgan fingerprint density at radius 3 is 2.08 bits per heavy atom. The van der Waals surface area contributed by atoms with Gasteiger partial charge in [0.05, 0.1) is 7.11 Å². The second-order valence-corrected chi connectivity index (χ2v) is 5.76. The first-order valence-electron chi connectivity index (χ1n) is 7.78. The third-order valence-corrected chi connectivity index (χ3v) is 3.60. The van der Waals surface area contributed by atoms with E-state index in [1.54, 1.807) is 7.11 Å². The Labute approximate surface area is 150 Å². The van der Waals surface area contributed by atoms with E-state index in [2.05, 4.69) is 0 Å². The molecule has 0 radical (unpaired) electrons. The summed E-state index contributed by atoms with van der Waals surface area (Å²) in [5.41, 5.74) is 7.97. The number of hydrogen-bond acceptors (Lipinski definition) is 3. The molecule has 4 nitrogen and oxygen atoms in total. The first-order chi connectivity index (χ1) is 11.1. The summed E-state index contributed by atoms with van der Waals surface area (Å²) in [7, 11) is 1.64.